The number of para-hydroxylation sites is 1. The smallest absolute Gasteiger partial charge is 0.237 e. The summed E-state index contributed by atoms with van der Waals surface area (Å²) in [5.41, 5.74) is 0.231. The van der Waals surface area contributed by atoms with E-state index in [4.69, 9.17) is 11.6 Å². The molecule has 1 unspecified atom stereocenters. The summed E-state index contributed by atoms with van der Waals surface area (Å²) in [5, 5.41) is 11.1. The van der Waals surface area contributed by atoms with E-state index in [1.54, 1.807) is 17.6 Å². The molecule has 0 saturated carbocycles. The summed E-state index contributed by atoms with van der Waals surface area (Å²) in [7, 11) is 0. The third kappa shape index (κ3) is 4.42. The van der Waals surface area contributed by atoms with Crippen molar-refractivity contribution in [3.8, 4) is 5.69 Å². The maximum absolute atomic E-state index is 13.9. The molecule has 1 saturated heterocycles. The van der Waals surface area contributed by atoms with E-state index >= 15 is 0 Å². The number of nitrogens with zero attached hydrogens (tertiary/aromatic N) is 4. The highest BCUT2D eigenvalue weighted by Gasteiger charge is 2.26. The van der Waals surface area contributed by atoms with E-state index in [0.717, 1.165) is 49.8 Å². The van der Waals surface area contributed by atoms with Crippen LogP contribution in [0, 0.1) is 17.5 Å². The van der Waals surface area contributed by atoms with Crippen LogP contribution in [0.1, 0.15) is 19.8 Å². The lowest BCUT2D eigenvalue weighted by Crippen LogP contribution is -2.24. The number of hydrogen-bond donors (Lipinski definition) is 1. The molecular weight excluding hydrogens is 463 g/mol. The molecule has 168 valence electrons. The number of aromatic nitrogens is 3. The molecule has 0 bridgehead atoms. The van der Waals surface area contributed by atoms with Gasteiger partial charge in [-0.1, -0.05) is 35.5 Å². The largest absolute Gasteiger partial charge is 0.341 e. The van der Waals surface area contributed by atoms with Crippen LogP contribution < -0.4 is 10.2 Å². The lowest BCUT2D eigenvalue weighted by atomic mass is 10.2. The molecule has 32 heavy (non-hydrogen) atoms. The van der Waals surface area contributed by atoms with Crippen molar-refractivity contribution in [3.05, 3.63) is 58.9 Å². The maximum Gasteiger partial charge on any atom is 0.237 e. The highest BCUT2D eigenvalue weighted by atomic mass is 35.5. The molecule has 3 aromatic rings. The summed E-state index contributed by atoms with van der Waals surface area (Å²) < 4.78 is 42.3. The summed E-state index contributed by atoms with van der Waals surface area (Å²) in [5.74, 6) is -4.40. The van der Waals surface area contributed by atoms with Gasteiger partial charge < -0.3 is 10.2 Å². The Hall–Kier alpha value is -2.72. The van der Waals surface area contributed by atoms with Crippen LogP contribution in [0.4, 0.5) is 24.8 Å². The second kappa shape index (κ2) is 9.41. The Morgan fingerprint density at radius 1 is 1.09 bits per heavy atom. The number of halogens is 4. The number of hydrogen-bond acceptors (Lipinski definition) is 5. The Morgan fingerprint density at radius 3 is 2.53 bits per heavy atom. The molecule has 6 nitrogen and oxygen atoms in total. The molecule has 1 N–H and O–H groups in total. The van der Waals surface area contributed by atoms with Crippen LogP contribution in [0.2, 0.25) is 5.02 Å². The standard InChI is InChI=1S/C21H19ClF3N5OS/c1-12(19(31)26-15-9-8-14(23)17(24)18(15)25)32-21-28-27-20(29-10-4-5-11-29)30(21)16-7-3-2-6-13(16)22/h2-3,6-9,12H,4-5,10-11H2,1H3,(H,26,31). The number of nitrogens with one attached hydrogen (secondary N) is 1. The van der Waals surface area contributed by atoms with Crippen LogP contribution in [-0.2, 0) is 4.79 Å². The highest BCUT2D eigenvalue weighted by molar-refractivity contribution is 8.00. The third-order valence-electron chi connectivity index (χ3n) is 5.04. The van der Waals surface area contributed by atoms with E-state index in [0.29, 0.717) is 21.8 Å². The quantitative estimate of drug-likeness (QED) is 0.394. The van der Waals surface area contributed by atoms with Gasteiger partial charge in [0.25, 0.3) is 0 Å². The zero-order valence-electron chi connectivity index (χ0n) is 17.0. The predicted octanol–water partition coefficient (Wildman–Crippen LogP) is 5.06. The molecule has 1 aromatic heterocycles. The van der Waals surface area contributed by atoms with Crippen molar-refractivity contribution in [1.82, 2.24) is 14.8 Å². The van der Waals surface area contributed by atoms with Crippen LogP contribution in [0.25, 0.3) is 5.69 Å². The van der Waals surface area contributed by atoms with Gasteiger partial charge in [0.15, 0.2) is 22.6 Å². The maximum atomic E-state index is 13.9. The molecule has 1 aliphatic rings. The van der Waals surface area contributed by atoms with Crippen molar-refractivity contribution in [2.24, 2.45) is 0 Å². The molecule has 11 heteroatoms. The van der Waals surface area contributed by atoms with Crippen molar-refractivity contribution in [2.75, 3.05) is 23.3 Å². The monoisotopic (exact) mass is 481 g/mol. The summed E-state index contributed by atoms with van der Waals surface area (Å²) >= 11 is 7.52. The lowest BCUT2D eigenvalue weighted by Gasteiger charge is -2.19. The van der Waals surface area contributed by atoms with Gasteiger partial charge in [0.2, 0.25) is 11.9 Å². The highest BCUT2D eigenvalue weighted by Crippen LogP contribution is 2.33. The molecule has 2 aromatic carbocycles. The number of rotatable bonds is 6. The molecular formula is C21H19ClF3N5OS. The summed E-state index contributed by atoms with van der Waals surface area (Å²) in [6.45, 7) is 3.26. The van der Waals surface area contributed by atoms with Crippen molar-refractivity contribution < 1.29 is 18.0 Å². The zero-order chi connectivity index (χ0) is 22.8. The van der Waals surface area contributed by atoms with Crippen molar-refractivity contribution >= 4 is 40.9 Å². The first-order chi connectivity index (χ1) is 15.4. The van der Waals surface area contributed by atoms with Gasteiger partial charge in [0.1, 0.15) is 0 Å². The molecule has 2 heterocycles. The number of benzene rings is 2. The topological polar surface area (TPSA) is 63.1 Å². The van der Waals surface area contributed by atoms with Gasteiger partial charge in [0.05, 0.1) is 21.6 Å². The van der Waals surface area contributed by atoms with E-state index < -0.39 is 34.3 Å². The molecule has 0 radical (unpaired) electrons. The number of carbonyl (C=O) groups excluding carboxylic acids is 1. The summed E-state index contributed by atoms with van der Waals surface area (Å²) in [4.78, 5) is 14.7. The molecule has 1 amide bonds. The van der Waals surface area contributed by atoms with Crippen LogP contribution in [0.5, 0.6) is 0 Å². The first-order valence-corrected chi connectivity index (χ1v) is 11.2. The van der Waals surface area contributed by atoms with Crippen molar-refractivity contribution in [3.63, 3.8) is 0 Å². The number of carbonyl (C=O) groups is 1. The molecule has 1 atom stereocenters. The fourth-order valence-electron chi connectivity index (χ4n) is 3.37. The van der Waals surface area contributed by atoms with Gasteiger partial charge in [0, 0.05) is 13.1 Å². The van der Waals surface area contributed by atoms with Crippen LogP contribution in [0.15, 0.2) is 41.6 Å². The first kappa shape index (κ1) is 22.5. The molecule has 4 rings (SSSR count). The van der Waals surface area contributed by atoms with Crippen molar-refractivity contribution in [1.29, 1.82) is 0 Å². The average molecular weight is 482 g/mol. The van der Waals surface area contributed by atoms with Gasteiger partial charge in [-0.05, 0) is 44.0 Å². The molecule has 0 aliphatic carbocycles. The zero-order valence-corrected chi connectivity index (χ0v) is 18.6. The predicted molar refractivity (Wildman–Crippen MR) is 118 cm³/mol. The van der Waals surface area contributed by atoms with Gasteiger partial charge in [-0.3, -0.25) is 9.36 Å². The van der Waals surface area contributed by atoms with Crippen LogP contribution >= 0.6 is 23.4 Å². The second-order valence-corrected chi connectivity index (χ2v) is 8.95. The fraction of sp³-hybridized carbons (Fsp3) is 0.286. The Bertz CT molecular complexity index is 1150. The normalized spacial score (nSPS) is 14.6. The molecule has 1 fully saturated rings. The van der Waals surface area contributed by atoms with E-state index in [2.05, 4.69) is 20.4 Å². The second-order valence-electron chi connectivity index (χ2n) is 7.24. The van der Waals surface area contributed by atoms with Crippen molar-refractivity contribution in [2.45, 2.75) is 30.2 Å². The van der Waals surface area contributed by atoms with Gasteiger partial charge >= 0.3 is 0 Å². The minimum atomic E-state index is -1.64. The van der Waals surface area contributed by atoms with Crippen LogP contribution in [-0.4, -0.2) is 39.0 Å². The Morgan fingerprint density at radius 2 is 1.81 bits per heavy atom. The number of anilines is 2. The Balaban J connectivity index is 1.60. The molecule has 0 spiro atoms. The van der Waals surface area contributed by atoms with E-state index in [9.17, 15) is 18.0 Å². The van der Waals surface area contributed by atoms with Gasteiger partial charge in [-0.2, -0.15) is 0 Å². The average Bonchev–Trinajstić information content (AvgIpc) is 3.44. The molecule has 1 aliphatic heterocycles. The van der Waals surface area contributed by atoms with Gasteiger partial charge in [-0.15, -0.1) is 10.2 Å². The summed E-state index contributed by atoms with van der Waals surface area (Å²) in [6.07, 6.45) is 2.08. The minimum absolute atomic E-state index is 0.424. The van der Waals surface area contributed by atoms with Gasteiger partial charge in [-0.25, -0.2) is 13.2 Å². The lowest BCUT2D eigenvalue weighted by molar-refractivity contribution is -0.115. The first-order valence-electron chi connectivity index (χ1n) is 9.93. The summed E-state index contributed by atoms with van der Waals surface area (Å²) in [6, 6.07) is 8.96. The van der Waals surface area contributed by atoms with E-state index in [1.807, 2.05) is 18.2 Å². The SMILES string of the molecule is CC(Sc1nnc(N2CCCC2)n1-c1ccccc1Cl)C(=O)Nc1ccc(F)c(F)c1F. The van der Waals surface area contributed by atoms with E-state index in [1.165, 1.54) is 0 Å². The van der Waals surface area contributed by atoms with E-state index in [-0.39, 0.29) is 0 Å². The minimum Gasteiger partial charge on any atom is -0.341 e. The fourth-order valence-corrected chi connectivity index (χ4v) is 4.45. The number of amides is 1. The third-order valence-corrected chi connectivity index (χ3v) is 6.41. The van der Waals surface area contributed by atoms with Crippen LogP contribution in [0.3, 0.4) is 0 Å². The Kier molecular flexibility index (Phi) is 6.61. The number of thioether (sulfide) groups is 1. The Labute approximate surface area is 191 Å².